The smallest absolute Gasteiger partial charge is 0.309 e. The fourth-order valence-electron chi connectivity index (χ4n) is 12.3. The standard InChI is InChI=1S/C24H30O6.C11H21N/c1-21-7-4-14(25)10-13(21)11-15(20(27)28-3)19-16-5-8-23(9-6-18(26)30-23)22(16,2)12-17-24(19,21)29-17;1-10(2)8-5-6-9(7-8)11(10,3)12-4/h10,15-17,19H,4-9,11-12H2,1-3H3;8-9,12H,5-7H2,1-4H3/t15-,16+,17-,19+,21+,22+,23-,24-;/m1./s1. The van der Waals surface area contributed by atoms with Gasteiger partial charge in [-0.05, 0) is 101 Å². The average molecular weight is 582 g/mol. The lowest BCUT2D eigenvalue weighted by atomic mass is 9.43. The van der Waals surface area contributed by atoms with Crippen LogP contribution < -0.4 is 5.32 Å². The lowest BCUT2D eigenvalue weighted by Crippen LogP contribution is -2.63. The van der Waals surface area contributed by atoms with Crippen LogP contribution in [0.15, 0.2) is 11.6 Å². The molecular weight excluding hydrogens is 530 g/mol. The molecule has 11 atom stereocenters. The van der Waals surface area contributed by atoms with Crippen molar-refractivity contribution in [3.05, 3.63) is 11.6 Å². The molecule has 1 N–H and O–H groups in total. The first-order valence-corrected chi connectivity index (χ1v) is 16.6. The van der Waals surface area contributed by atoms with Crippen molar-refractivity contribution in [2.24, 2.45) is 45.8 Å². The van der Waals surface area contributed by atoms with Crippen molar-refractivity contribution in [3.8, 4) is 0 Å². The van der Waals surface area contributed by atoms with Gasteiger partial charge in [0.05, 0.1) is 19.1 Å². The summed E-state index contributed by atoms with van der Waals surface area (Å²) in [6, 6.07) is 0. The van der Waals surface area contributed by atoms with Crippen LogP contribution in [0, 0.1) is 45.8 Å². The molecule has 2 heterocycles. The van der Waals surface area contributed by atoms with Crippen LogP contribution in [0.25, 0.3) is 0 Å². The number of epoxide rings is 1. The third-order valence-corrected chi connectivity index (χ3v) is 15.3. The Morgan fingerprint density at radius 3 is 2.33 bits per heavy atom. The molecule has 3 unspecified atom stereocenters. The Morgan fingerprint density at radius 2 is 1.74 bits per heavy atom. The molecule has 7 heteroatoms. The molecule has 0 radical (unpaired) electrons. The molecular formula is C35H51NO6. The minimum Gasteiger partial charge on any atom is -0.469 e. The summed E-state index contributed by atoms with van der Waals surface area (Å²) in [6.45, 7) is 11.8. The Labute approximate surface area is 251 Å². The van der Waals surface area contributed by atoms with E-state index in [2.05, 4.69) is 47.0 Å². The summed E-state index contributed by atoms with van der Waals surface area (Å²) >= 11 is 0. The number of ketones is 1. The molecule has 0 aromatic heterocycles. The number of hydrogen-bond donors (Lipinski definition) is 1. The van der Waals surface area contributed by atoms with Gasteiger partial charge in [-0.3, -0.25) is 14.4 Å². The molecule has 8 aliphatic rings. The van der Waals surface area contributed by atoms with Gasteiger partial charge in [-0.15, -0.1) is 0 Å². The van der Waals surface area contributed by atoms with E-state index >= 15 is 0 Å². The molecule has 0 aromatic carbocycles. The monoisotopic (exact) mass is 581 g/mol. The summed E-state index contributed by atoms with van der Waals surface area (Å²) in [7, 11) is 3.58. The number of rotatable bonds is 2. The molecule has 2 saturated heterocycles. The highest BCUT2D eigenvalue weighted by atomic mass is 16.6. The quantitative estimate of drug-likeness (QED) is 0.338. The van der Waals surface area contributed by atoms with Gasteiger partial charge in [-0.2, -0.15) is 0 Å². The highest BCUT2D eigenvalue weighted by molar-refractivity contribution is 5.92. The fourth-order valence-corrected chi connectivity index (χ4v) is 12.3. The SMILES string of the molecule is CNC1(C)C2CCC(C2)C1(C)C.COC(=O)[C@@H]1CC2=CC(=O)CC[C@]2(C)[C@@]23O[C@@H]2C[C@@]2(C)[C@@H](CC[C@@]24CCC(=O)O4)[C@H]13. The van der Waals surface area contributed by atoms with Gasteiger partial charge in [0.1, 0.15) is 11.2 Å². The van der Waals surface area contributed by atoms with Crippen LogP contribution in [0.2, 0.25) is 0 Å². The second-order valence-electron chi connectivity index (χ2n) is 16.3. The minimum absolute atomic E-state index is 0.0303. The molecule has 7 nitrogen and oxygen atoms in total. The highest BCUT2D eigenvalue weighted by Crippen LogP contribution is 2.78. The fraction of sp³-hybridized carbons (Fsp3) is 0.857. The zero-order chi connectivity index (χ0) is 30.1. The maximum atomic E-state index is 13.0. The predicted molar refractivity (Wildman–Crippen MR) is 157 cm³/mol. The van der Waals surface area contributed by atoms with Crippen molar-refractivity contribution >= 4 is 17.7 Å². The topological polar surface area (TPSA) is 94.2 Å². The van der Waals surface area contributed by atoms with Crippen LogP contribution in [0.4, 0.5) is 0 Å². The normalized spacial score (nSPS) is 52.3. The van der Waals surface area contributed by atoms with E-state index in [0.29, 0.717) is 30.2 Å². The van der Waals surface area contributed by atoms with E-state index < -0.39 is 11.2 Å². The molecule has 2 aliphatic heterocycles. The highest BCUT2D eigenvalue weighted by Gasteiger charge is 2.83. The van der Waals surface area contributed by atoms with Gasteiger partial charge >= 0.3 is 11.9 Å². The summed E-state index contributed by atoms with van der Waals surface area (Å²) in [4.78, 5) is 37.4. The molecule has 0 aromatic rings. The summed E-state index contributed by atoms with van der Waals surface area (Å²) in [5, 5.41) is 3.56. The van der Waals surface area contributed by atoms with Gasteiger partial charge in [-0.25, -0.2) is 0 Å². The summed E-state index contributed by atoms with van der Waals surface area (Å²) in [5.41, 5.74) is 0.729. The van der Waals surface area contributed by atoms with E-state index in [1.165, 1.54) is 26.4 Å². The van der Waals surface area contributed by atoms with Crippen molar-refractivity contribution < 1.29 is 28.6 Å². The number of fused-ring (bicyclic) bond motifs is 6. The van der Waals surface area contributed by atoms with Crippen molar-refractivity contribution in [3.63, 3.8) is 0 Å². The van der Waals surface area contributed by atoms with E-state index in [0.717, 1.165) is 49.5 Å². The van der Waals surface area contributed by atoms with Crippen molar-refractivity contribution in [1.29, 1.82) is 0 Å². The third kappa shape index (κ3) is 3.33. The van der Waals surface area contributed by atoms with Crippen molar-refractivity contribution in [2.75, 3.05) is 14.2 Å². The van der Waals surface area contributed by atoms with Gasteiger partial charge in [0.2, 0.25) is 0 Å². The molecule has 42 heavy (non-hydrogen) atoms. The number of carbonyl (C=O) groups is 3. The van der Waals surface area contributed by atoms with Gasteiger partial charge in [-0.1, -0.05) is 33.3 Å². The number of ether oxygens (including phenoxy) is 3. The van der Waals surface area contributed by atoms with Crippen LogP contribution >= 0.6 is 0 Å². The Kier molecular flexibility index (Phi) is 6.16. The van der Waals surface area contributed by atoms with Crippen molar-refractivity contribution in [1.82, 2.24) is 5.32 Å². The van der Waals surface area contributed by atoms with Crippen molar-refractivity contribution in [2.45, 2.75) is 128 Å². The molecule has 7 fully saturated rings. The number of esters is 2. The zero-order valence-corrected chi connectivity index (χ0v) is 26.8. The van der Waals surface area contributed by atoms with Gasteiger partial charge in [0.25, 0.3) is 0 Å². The third-order valence-electron chi connectivity index (χ3n) is 15.3. The van der Waals surface area contributed by atoms with E-state index in [1.54, 1.807) is 6.08 Å². The summed E-state index contributed by atoms with van der Waals surface area (Å²) < 4.78 is 17.9. The second kappa shape index (κ2) is 8.93. The van der Waals surface area contributed by atoms with Crippen LogP contribution in [0.3, 0.4) is 0 Å². The Morgan fingerprint density at radius 1 is 1.00 bits per heavy atom. The maximum absolute atomic E-state index is 13.0. The lowest BCUT2D eigenvalue weighted by molar-refractivity contribution is -0.172. The maximum Gasteiger partial charge on any atom is 0.309 e. The van der Waals surface area contributed by atoms with Crippen LogP contribution in [0.1, 0.15) is 105 Å². The Hall–Kier alpha value is -1.73. The first kappa shape index (κ1) is 29.0. The Bertz CT molecular complexity index is 1260. The summed E-state index contributed by atoms with van der Waals surface area (Å²) in [5.74, 6) is 1.70. The zero-order valence-electron chi connectivity index (χ0n) is 26.8. The lowest BCUT2D eigenvalue weighted by Gasteiger charge is -2.58. The number of hydrogen-bond acceptors (Lipinski definition) is 7. The molecule has 5 saturated carbocycles. The number of methoxy groups -OCH3 is 1. The largest absolute Gasteiger partial charge is 0.469 e. The van der Waals surface area contributed by atoms with Gasteiger partial charge < -0.3 is 19.5 Å². The molecule has 8 rings (SSSR count). The van der Waals surface area contributed by atoms with E-state index in [-0.39, 0.29) is 52.4 Å². The van der Waals surface area contributed by atoms with Crippen LogP contribution in [0.5, 0.6) is 0 Å². The first-order chi connectivity index (χ1) is 19.7. The van der Waals surface area contributed by atoms with Gasteiger partial charge in [0, 0.05) is 35.1 Å². The summed E-state index contributed by atoms with van der Waals surface area (Å²) in [6.07, 6.45) is 12.0. The predicted octanol–water partition coefficient (Wildman–Crippen LogP) is 5.55. The number of carbonyl (C=O) groups excluding carboxylic acids is 3. The number of nitrogens with one attached hydrogen (secondary N) is 1. The second-order valence-corrected chi connectivity index (χ2v) is 16.3. The molecule has 6 aliphatic carbocycles. The van der Waals surface area contributed by atoms with Gasteiger partial charge in [0.15, 0.2) is 5.78 Å². The molecule has 2 bridgehead atoms. The average Bonchev–Trinajstić information content (AvgIpc) is 3.26. The van der Waals surface area contributed by atoms with E-state index in [9.17, 15) is 14.4 Å². The van der Waals surface area contributed by atoms with Crippen LogP contribution in [-0.4, -0.2) is 54.7 Å². The van der Waals surface area contributed by atoms with E-state index in [1.807, 2.05) is 0 Å². The first-order valence-electron chi connectivity index (χ1n) is 16.6. The van der Waals surface area contributed by atoms with Crippen LogP contribution in [-0.2, 0) is 28.6 Å². The minimum atomic E-state index is -0.424. The molecule has 2 spiro atoms. The van der Waals surface area contributed by atoms with E-state index in [4.69, 9.17) is 14.2 Å². The Balaban J connectivity index is 0.000000201. The molecule has 232 valence electrons. The molecule has 0 amide bonds.